The number of hydrogen-bond acceptors (Lipinski definition) is 4. The molecule has 0 aliphatic carbocycles. The van der Waals surface area contributed by atoms with E-state index in [1.165, 1.54) is 6.26 Å². The Labute approximate surface area is 108 Å². The molecule has 6 heteroatoms. The lowest BCUT2D eigenvalue weighted by Crippen LogP contribution is -2.11. The summed E-state index contributed by atoms with van der Waals surface area (Å²) in [6, 6.07) is 12.7. The number of nitrogens with one attached hydrogen (secondary N) is 2. The van der Waals surface area contributed by atoms with E-state index in [1.54, 1.807) is 12.1 Å². The van der Waals surface area contributed by atoms with E-state index >= 15 is 0 Å². The number of H-pyrrole nitrogens is 1. The molecule has 2 N–H and O–H groups in total. The van der Waals surface area contributed by atoms with Crippen LogP contribution in [0, 0.1) is 0 Å². The molecule has 0 aliphatic heterocycles. The number of carbonyl (C=O) groups is 1. The quantitative estimate of drug-likeness (QED) is 0.751. The van der Waals surface area contributed by atoms with E-state index in [0.717, 1.165) is 5.56 Å². The van der Waals surface area contributed by atoms with Gasteiger partial charge < -0.3 is 4.42 Å². The highest BCUT2D eigenvalue weighted by atomic mass is 16.3. The lowest BCUT2D eigenvalue weighted by atomic mass is 10.2. The zero-order chi connectivity index (χ0) is 13.1. The fraction of sp³-hybridized carbons (Fsp3) is 0. The number of anilines is 1. The lowest BCUT2D eigenvalue weighted by molar-refractivity contribution is 0.0996. The van der Waals surface area contributed by atoms with E-state index in [1.807, 2.05) is 30.3 Å². The van der Waals surface area contributed by atoms with Crippen LogP contribution in [-0.4, -0.2) is 21.1 Å². The number of carbonyl (C=O) groups excluding carboxylic acids is 1. The Morgan fingerprint density at radius 3 is 2.74 bits per heavy atom. The molecular weight excluding hydrogens is 244 g/mol. The summed E-state index contributed by atoms with van der Waals surface area (Å²) in [6.07, 6.45) is 1.43. The van der Waals surface area contributed by atoms with Crippen molar-refractivity contribution < 1.29 is 9.21 Å². The van der Waals surface area contributed by atoms with Crippen molar-refractivity contribution in [3.8, 4) is 11.4 Å². The fourth-order valence-electron chi connectivity index (χ4n) is 1.61. The van der Waals surface area contributed by atoms with Gasteiger partial charge in [0.05, 0.1) is 6.26 Å². The van der Waals surface area contributed by atoms with Crippen LogP contribution >= 0.6 is 0 Å². The van der Waals surface area contributed by atoms with Crippen molar-refractivity contribution in [2.75, 3.05) is 5.32 Å². The van der Waals surface area contributed by atoms with E-state index in [0.29, 0.717) is 5.82 Å². The van der Waals surface area contributed by atoms with E-state index in [-0.39, 0.29) is 17.6 Å². The van der Waals surface area contributed by atoms with Crippen LogP contribution < -0.4 is 5.32 Å². The highest BCUT2D eigenvalue weighted by molar-refractivity contribution is 6.01. The van der Waals surface area contributed by atoms with Crippen LogP contribution in [0.15, 0.2) is 53.1 Å². The van der Waals surface area contributed by atoms with Gasteiger partial charge in [0.1, 0.15) is 0 Å². The molecule has 0 fully saturated rings. The normalized spacial score (nSPS) is 10.3. The molecule has 0 atom stereocenters. The van der Waals surface area contributed by atoms with E-state index in [4.69, 9.17) is 4.42 Å². The maximum absolute atomic E-state index is 11.7. The van der Waals surface area contributed by atoms with Gasteiger partial charge in [-0.25, -0.2) is 0 Å². The third-order valence-electron chi connectivity index (χ3n) is 2.50. The van der Waals surface area contributed by atoms with Crippen LogP contribution in [0.1, 0.15) is 10.6 Å². The highest BCUT2D eigenvalue weighted by Crippen LogP contribution is 2.15. The van der Waals surface area contributed by atoms with Gasteiger partial charge in [-0.2, -0.15) is 4.98 Å². The summed E-state index contributed by atoms with van der Waals surface area (Å²) in [5, 5.41) is 9.25. The minimum Gasteiger partial charge on any atom is -0.459 e. The summed E-state index contributed by atoms with van der Waals surface area (Å²) < 4.78 is 4.98. The molecule has 1 amide bonds. The van der Waals surface area contributed by atoms with Crippen molar-refractivity contribution in [1.82, 2.24) is 15.2 Å². The lowest BCUT2D eigenvalue weighted by Gasteiger charge is -1.96. The van der Waals surface area contributed by atoms with E-state index < -0.39 is 0 Å². The predicted octanol–water partition coefficient (Wildman–Crippen LogP) is 2.32. The van der Waals surface area contributed by atoms with Gasteiger partial charge in [-0.15, -0.1) is 5.10 Å². The van der Waals surface area contributed by atoms with Gasteiger partial charge in [-0.05, 0) is 12.1 Å². The molecule has 0 spiro atoms. The second-order valence-corrected chi connectivity index (χ2v) is 3.81. The van der Waals surface area contributed by atoms with Crippen molar-refractivity contribution >= 4 is 11.9 Å². The highest BCUT2D eigenvalue weighted by Gasteiger charge is 2.12. The van der Waals surface area contributed by atoms with Gasteiger partial charge in [0.2, 0.25) is 5.95 Å². The molecule has 3 aromatic rings. The molecule has 0 saturated heterocycles. The monoisotopic (exact) mass is 254 g/mol. The first-order valence-corrected chi connectivity index (χ1v) is 5.65. The average Bonchev–Trinajstić information content (AvgIpc) is 3.11. The molecular formula is C13H10N4O2. The zero-order valence-corrected chi connectivity index (χ0v) is 9.83. The van der Waals surface area contributed by atoms with Crippen molar-refractivity contribution in [2.24, 2.45) is 0 Å². The summed E-state index contributed by atoms with van der Waals surface area (Å²) in [5.74, 6) is 0.630. The molecule has 94 valence electrons. The molecule has 2 aromatic heterocycles. The van der Waals surface area contributed by atoms with Crippen LogP contribution in [0.3, 0.4) is 0 Å². The van der Waals surface area contributed by atoms with E-state index in [9.17, 15) is 4.79 Å². The number of amides is 1. The summed E-state index contributed by atoms with van der Waals surface area (Å²) in [5.41, 5.74) is 0.897. The summed E-state index contributed by atoms with van der Waals surface area (Å²) in [4.78, 5) is 15.9. The van der Waals surface area contributed by atoms with Crippen molar-refractivity contribution in [2.45, 2.75) is 0 Å². The van der Waals surface area contributed by atoms with Crippen LogP contribution in [0.4, 0.5) is 5.95 Å². The first-order chi connectivity index (χ1) is 9.33. The van der Waals surface area contributed by atoms with Gasteiger partial charge in [0.25, 0.3) is 5.91 Å². The maximum atomic E-state index is 11.7. The molecule has 6 nitrogen and oxygen atoms in total. The van der Waals surface area contributed by atoms with Gasteiger partial charge >= 0.3 is 0 Å². The van der Waals surface area contributed by atoms with Crippen LogP contribution in [0.25, 0.3) is 11.4 Å². The van der Waals surface area contributed by atoms with Crippen LogP contribution in [-0.2, 0) is 0 Å². The third-order valence-corrected chi connectivity index (χ3v) is 2.50. The first kappa shape index (κ1) is 11.2. The Hall–Kier alpha value is -2.89. The Kier molecular flexibility index (Phi) is 2.82. The fourth-order valence-corrected chi connectivity index (χ4v) is 1.61. The number of benzene rings is 1. The average molecular weight is 254 g/mol. The maximum Gasteiger partial charge on any atom is 0.293 e. The molecule has 2 heterocycles. The minimum absolute atomic E-state index is 0.209. The number of aromatic nitrogens is 3. The van der Waals surface area contributed by atoms with Crippen molar-refractivity contribution in [3.05, 3.63) is 54.5 Å². The van der Waals surface area contributed by atoms with Gasteiger partial charge in [-0.1, -0.05) is 30.3 Å². The van der Waals surface area contributed by atoms with Crippen molar-refractivity contribution in [3.63, 3.8) is 0 Å². The van der Waals surface area contributed by atoms with E-state index in [2.05, 4.69) is 20.5 Å². The standard InChI is InChI=1S/C13H10N4O2/c18-12(10-7-4-8-19-10)15-13-14-11(16-17-13)9-5-2-1-3-6-9/h1-8H,(H2,14,15,16,17,18). The van der Waals surface area contributed by atoms with Gasteiger partial charge in [0, 0.05) is 5.56 Å². The Morgan fingerprint density at radius 2 is 2.00 bits per heavy atom. The number of nitrogens with zero attached hydrogens (tertiary/aromatic N) is 2. The Bertz CT molecular complexity index is 674. The number of aromatic amines is 1. The van der Waals surface area contributed by atoms with Crippen molar-refractivity contribution in [1.29, 1.82) is 0 Å². The predicted molar refractivity (Wildman–Crippen MR) is 68.5 cm³/mol. The summed E-state index contributed by atoms with van der Waals surface area (Å²) in [6.45, 7) is 0. The van der Waals surface area contributed by atoms with Crippen LogP contribution in [0.2, 0.25) is 0 Å². The second-order valence-electron chi connectivity index (χ2n) is 3.81. The van der Waals surface area contributed by atoms with Crippen LogP contribution in [0.5, 0.6) is 0 Å². The minimum atomic E-state index is -0.386. The molecule has 0 aliphatic rings. The largest absolute Gasteiger partial charge is 0.459 e. The third kappa shape index (κ3) is 2.37. The molecule has 0 bridgehead atoms. The Balaban J connectivity index is 1.77. The molecule has 0 unspecified atom stereocenters. The molecule has 3 rings (SSSR count). The smallest absolute Gasteiger partial charge is 0.293 e. The topological polar surface area (TPSA) is 83.8 Å². The summed E-state index contributed by atoms with van der Waals surface area (Å²) in [7, 11) is 0. The molecule has 0 saturated carbocycles. The Morgan fingerprint density at radius 1 is 1.16 bits per heavy atom. The molecule has 0 radical (unpaired) electrons. The SMILES string of the molecule is O=C(Nc1n[nH]c(-c2ccccc2)n1)c1ccco1. The molecule has 1 aromatic carbocycles. The van der Waals surface area contributed by atoms with Gasteiger partial charge in [-0.3, -0.25) is 15.2 Å². The number of rotatable bonds is 3. The summed E-state index contributed by atoms with van der Waals surface area (Å²) >= 11 is 0. The number of hydrogen-bond donors (Lipinski definition) is 2. The van der Waals surface area contributed by atoms with Gasteiger partial charge in [0.15, 0.2) is 11.6 Å². The number of furan rings is 1. The zero-order valence-electron chi connectivity index (χ0n) is 9.83. The molecule has 19 heavy (non-hydrogen) atoms. The second kappa shape index (κ2) is 4.77. The first-order valence-electron chi connectivity index (χ1n) is 5.65.